The summed E-state index contributed by atoms with van der Waals surface area (Å²) in [5.41, 5.74) is 0.422. The van der Waals surface area contributed by atoms with Gasteiger partial charge in [0.25, 0.3) is 5.91 Å². The van der Waals surface area contributed by atoms with Crippen molar-refractivity contribution in [2.45, 2.75) is 19.4 Å². The first-order valence-corrected chi connectivity index (χ1v) is 6.64. The smallest absolute Gasteiger partial charge is 0.255 e. The standard InChI is InChI=1S/C15H16ClNO3/c1-10(8-12-4-3-7-20-12)17-15(18)13-9-11(16)5-6-14(13)19-2/h3-7,9-10H,8H2,1-2H3,(H,17,18). The number of carbonyl (C=O) groups excluding carboxylic acids is 1. The van der Waals surface area contributed by atoms with Crippen molar-refractivity contribution in [2.75, 3.05) is 7.11 Å². The maximum Gasteiger partial charge on any atom is 0.255 e. The van der Waals surface area contributed by atoms with Gasteiger partial charge >= 0.3 is 0 Å². The number of benzene rings is 1. The normalized spacial score (nSPS) is 11.9. The van der Waals surface area contributed by atoms with Crippen LogP contribution in [0.4, 0.5) is 0 Å². The lowest BCUT2D eigenvalue weighted by Gasteiger charge is -2.14. The third kappa shape index (κ3) is 3.54. The predicted molar refractivity (Wildman–Crippen MR) is 77.3 cm³/mol. The molecule has 5 heteroatoms. The first-order valence-electron chi connectivity index (χ1n) is 6.27. The van der Waals surface area contributed by atoms with Gasteiger partial charge in [-0.05, 0) is 37.3 Å². The number of furan rings is 1. The van der Waals surface area contributed by atoms with E-state index in [1.54, 1.807) is 24.5 Å². The molecule has 106 valence electrons. The maximum absolute atomic E-state index is 12.2. The van der Waals surface area contributed by atoms with Gasteiger partial charge in [-0.1, -0.05) is 11.6 Å². The van der Waals surface area contributed by atoms with Crippen molar-refractivity contribution in [3.63, 3.8) is 0 Å². The molecule has 0 bridgehead atoms. The Balaban J connectivity index is 2.06. The molecule has 0 aliphatic heterocycles. The lowest BCUT2D eigenvalue weighted by atomic mass is 10.1. The summed E-state index contributed by atoms with van der Waals surface area (Å²) >= 11 is 5.92. The number of hydrogen-bond acceptors (Lipinski definition) is 3. The van der Waals surface area contributed by atoms with Crippen molar-refractivity contribution in [3.8, 4) is 5.75 Å². The zero-order valence-electron chi connectivity index (χ0n) is 11.4. The van der Waals surface area contributed by atoms with Crippen LogP contribution in [0.25, 0.3) is 0 Å². The minimum absolute atomic E-state index is 0.0580. The van der Waals surface area contributed by atoms with E-state index in [4.69, 9.17) is 20.8 Å². The molecule has 1 N–H and O–H groups in total. The molecule has 0 saturated heterocycles. The molecule has 0 spiro atoms. The number of amides is 1. The number of carbonyl (C=O) groups is 1. The molecular formula is C15H16ClNO3. The van der Waals surface area contributed by atoms with Crippen LogP contribution in [0, 0.1) is 0 Å². The van der Waals surface area contributed by atoms with Crippen molar-refractivity contribution >= 4 is 17.5 Å². The monoisotopic (exact) mass is 293 g/mol. The van der Waals surface area contributed by atoms with E-state index in [1.165, 1.54) is 7.11 Å². The van der Waals surface area contributed by atoms with Crippen LogP contribution in [0.2, 0.25) is 5.02 Å². The van der Waals surface area contributed by atoms with Crippen molar-refractivity contribution in [3.05, 3.63) is 52.9 Å². The second kappa shape index (κ2) is 6.48. The highest BCUT2D eigenvalue weighted by Gasteiger charge is 2.16. The quantitative estimate of drug-likeness (QED) is 0.920. The first-order chi connectivity index (χ1) is 9.60. The zero-order valence-corrected chi connectivity index (χ0v) is 12.1. The van der Waals surface area contributed by atoms with Crippen LogP contribution in [-0.4, -0.2) is 19.1 Å². The predicted octanol–water partition coefficient (Wildman–Crippen LogP) is 3.30. The molecule has 0 aliphatic carbocycles. The summed E-state index contributed by atoms with van der Waals surface area (Å²) < 4.78 is 10.4. The van der Waals surface area contributed by atoms with Gasteiger partial charge < -0.3 is 14.5 Å². The van der Waals surface area contributed by atoms with Gasteiger partial charge in [-0.25, -0.2) is 0 Å². The van der Waals surface area contributed by atoms with E-state index >= 15 is 0 Å². The van der Waals surface area contributed by atoms with E-state index in [1.807, 2.05) is 19.1 Å². The highest BCUT2D eigenvalue weighted by Crippen LogP contribution is 2.22. The van der Waals surface area contributed by atoms with Gasteiger partial charge in [0, 0.05) is 17.5 Å². The van der Waals surface area contributed by atoms with Crippen molar-refractivity contribution in [1.82, 2.24) is 5.32 Å². The molecule has 0 aliphatic rings. The van der Waals surface area contributed by atoms with Gasteiger partial charge in [-0.3, -0.25) is 4.79 Å². The van der Waals surface area contributed by atoms with Crippen LogP contribution in [0.3, 0.4) is 0 Å². The second-order valence-corrected chi connectivity index (χ2v) is 4.94. The fraction of sp³-hybridized carbons (Fsp3) is 0.267. The van der Waals surface area contributed by atoms with Crippen molar-refractivity contribution in [2.24, 2.45) is 0 Å². The van der Waals surface area contributed by atoms with Crippen LogP contribution in [0.15, 0.2) is 41.0 Å². The third-order valence-electron chi connectivity index (χ3n) is 2.87. The summed E-state index contributed by atoms with van der Waals surface area (Å²) in [5, 5.41) is 3.39. The van der Waals surface area contributed by atoms with Gasteiger partial charge in [0.1, 0.15) is 11.5 Å². The Labute approximate surface area is 122 Å². The Morgan fingerprint density at radius 3 is 2.90 bits per heavy atom. The average Bonchev–Trinajstić information content (AvgIpc) is 2.91. The molecule has 1 unspecified atom stereocenters. The highest BCUT2D eigenvalue weighted by molar-refractivity contribution is 6.31. The van der Waals surface area contributed by atoms with E-state index in [2.05, 4.69) is 5.32 Å². The van der Waals surface area contributed by atoms with Crippen LogP contribution < -0.4 is 10.1 Å². The summed E-state index contributed by atoms with van der Waals surface area (Å²) in [4.78, 5) is 12.2. The van der Waals surface area contributed by atoms with Crippen molar-refractivity contribution < 1.29 is 13.9 Å². The van der Waals surface area contributed by atoms with E-state index in [0.717, 1.165) is 5.76 Å². The number of ether oxygens (including phenoxy) is 1. The van der Waals surface area contributed by atoms with E-state index in [9.17, 15) is 4.79 Å². The van der Waals surface area contributed by atoms with Crippen LogP contribution in [0.5, 0.6) is 5.75 Å². The molecule has 0 fully saturated rings. The van der Waals surface area contributed by atoms with Gasteiger partial charge in [0.2, 0.25) is 0 Å². The maximum atomic E-state index is 12.2. The molecule has 1 atom stereocenters. The Hall–Kier alpha value is -1.94. The first kappa shape index (κ1) is 14.5. The summed E-state index contributed by atoms with van der Waals surface area (Å²) in [6.07, 6.45) is 2.24. The Morgan fingerprint density at radius 1 is 1.45 bits per heavy atom. The Bertz CT molecular complexity index is 581. The summed E-state index contributed by atoms with van der Waals surface area (Å²) in [7, 11) is 1.52. The average molecular weight is 294 g/mol. The fourth-order valence-electron chi connectivity index (χ4n) is 1.94. The lowest BCUT2D eigenvalue weighted by molar-refractivity contribution is 0.0936. The van der Waals surface area contributed by atoms with Crippen molar-refractivity contribution in [1.29, 1.82) is 0 Å². The number of methoxy groups -OCH3 is 1. The molecule has 1 aromatic heterocycles. The van der Waals surface area contributed by atoms with E-state index in [-0.39, 0.29) is 11.9 Å². The Morgan fingerprint density at radius 2 is 2.25 bits per heavy atom. The van der Waals surface area contributed by atoms with E-state index < -0.39 is 0 Å². The molecule has 0 radical (unpaired) electrons. The molecule has 1 aromatic carbocycles. The van der Waals surface area contributed by atoms with Crippen LogP contribution in [-0.2, 0) is 6.42 Å². The fourth-order valence-corrected chi connectivity index (χ4v) is 2.11. The molecule has 1 heterocycles. The number of rotatable bonds is 5. The third-order valence-corrected chi connectivity index (χ3v) is 3.11. The minimum Gasteiger partial charge on any atom is -0.496 e. The topological polar surface area (TPSA) is 51.5 Å². The van der Waals surface area contributed by atoms with E-state index in [0.29, 0.717) is 22.8 Å². The van der Waals surface area contributed by atoms with Crippen LogP contribution in [0.1, 0.15) is 23.0 Å². The van der Waals surface area contributed by atoms with Gasteiger partial charge in [-0.15, -0.1) is 0 Å². The molecule has 20 heavy (non-hydrogen) atoms. The second-order valence-electron chi connectivity index (χ2n) is 4.50. The summed E-state index contributed by atoms with van der Waals surface area (Å²) in [6, 6.07) is 8.59. The summed E-state index contributed by atoms with van der Waals surface area (Å²) in [5.74, 6) is 1.11. The molecule has 4 nitrogen and oxygen atoms in total. The Kier molecular flexibility index (Phi) is 4.69. The highest BCUT2D eigenvalue weighted by atomic mass is 35.5. The zero-order chi connectivity index (χ0) is 14.5. The number of nitrogens with one attached hydrogen (secondary N) is 1. The number of halogens is 1. The largest absolute Gasteiger partial charge is 0.496 e. The summed E-state index contributed by atoms with van der Waals surface area (Å²) in [6.45, 7) is 1.91. The van der Waals surface area contributed by atoms with Gasteiger partial charge in [0.15, 0.2) is 0 Å². The number of hydrogen-bond donors (Lipinski definition) is 1. The molecule has 0 saturated carbocycles. The van der Waals surface area contributed by atoms with Crippen LogP contribution >= 0.6 is 11.6 Å². The minimum atomic E-state index is -0.219. The lowest BCUT2D eigenvalue weighted by Crippen LogP contribution is -2.34. The molecule has 1 amide bonds. The van der Waals surface area contributed by atoms with Gasteiger partial charge in [0.05, 0.1) is 18.9 Å². The van der Waals surface area contributed by atoms with Gasteiger partial charge in [-0.2, -0.15) is 0 Å². The molecule has 2 aromatic rings. The molecule has 2 rings (SSSR count). The molecular weight excluding hydrogens is 278 g/mol. The SMILES string of the molecule is COc1ccc(Cl)cc1C(=O)NC(C)Cc1ccco1.